The zero-order chi connectivity index (χ0) is 20.9. The molecule has 2 heterocycles. The Kier molecular flexibility index (Phi) is 4.78. The molecule has 3 aromatic rings. The van der Waals surface area contributed by atoms with Crippen molar-refractivity contribution < 1.29 is 9.59 Å². The molecule has 0 bridgehead atoms. The third kappa shape index (κ3) is 3.58. The molecule has 1 aliphatic carbocycles. The van der Waals surface area contributed by atoms with Crippen molar-refractivity contribution in [3.63, 3.8) is 0 Å². The highest BCUT2D eigenvalue weighted by Gasteiger charge is 2.28. The molecule has 1 aliphatic rings. The molecular formula is C21H22ClN5O2. The average molecular weight is 412 g/mol. The second kappa shape index (κ2) is 7.15. The number of benzene rings is 1. The van der Waals surface area contributed by atoms with E-state index in [0.717, 1.165) is 29.6 Å². The van der Waals surface area contributed by atoms with Crippen molar-refractivity contribution in [2.75, 3.05) is 19.4 Å². The summed E-state index contributed by atoms with van der Waals surface area (Å²) in [6, 6.07) is 6.70. The molecule has 0 unspecified atom stereocenters. The Morgan fingerprint density at radius 2 is 1.97 bits per heavy atom. The van der Waals surface area contributed by atoms with Crippen molar-refractivity contribution in [1.29, 1.82) is 0 Å². The van der Waals surface area contributed by atoms with Crippen molar-refractivity contribution in [2.24, 2.45) is 7.05 Å². The molecule has 8 heteroatoms. The molecule has 2 amide bonds. The first-order valence-electron chi connectivity index (χ1n) is 9.43. The Hall–Kier alpha value is -2.93. The molecule has 0 spiro atoms. The van der Waals surface area contributed by atoms with E-state index in [0.29, 0.717) is 33.4 Å². The normalized spacial score (nSPS) is 13.6. The van der Waals surface area contributed by atoms with Gasteiger partial charge in [0.15, 0.2) is 5.65 Å². The lowest BCUT2D eigenvalue weighted by Crippen LogP contribution is -2.22. The van der Waals surface area contributed by atoms with E-state index in [1.165, 1.54) is 4.90 Å². The quantitative estimate of drug-likeness (QED) is 0.708. The average Bonchev–Trinajstić information content (AvgIpc) is 3.49. The van der Waals surface area contributed by atoms with Crippen LogP contribution in [0.4, 0.5) is 5.69 Å². The van der Waals surface area contributed by atoms with Gasteiger partial charge in [0, 0.05) is 38.3 Å². The summed E-state index contributed by atoms with van der Waals surface area (Å²) in [5, 5.41) is 8.40. The monoisotopic (exact) mass is 411 g/mol. The number of fused-ring (bicyclic) bond motifs is 1. The van der Waals surface area contributed by atoms with E-state index in [-0.39, 0.29) is 11.8 Å². The number of hydrogen-bond acceptors (Lipinski definition) is 4. The minimum atomic E-state index is -0.299. The fraction of sp³-hybridized carbons (Fsp3) is 0.333. The van der Waals surface area contributed by atoms with Gasteiger partial charge in [-0.15, -0.1) is 0 Å². The van der Waals surface area contributed by atoms with Crippen molar-refractivity contribution in [3.8, 4) is 0 Å². The molecule has 1 fully saturated rings. The number of carbonyl (C=O) groups excluding carboxylic acids is 2. The van der Waals surface area contributed by atoms with Gasteiger partial charge in [-0.25, -0.2) is 4.98 Å². The third-order valence-electron chi connectivity index (χ3n) is 5.10. The van der Waals surface area contributed by atoms with Gasteiger partial charge in [0.05, 0.1) is 27.4 Å². The molecular weight excluding hydrogens is 390 g/mol. The lowest BCUT2D eigenvalue weighted by molar-refractivity contribution is 0.0827. The fourth-order valence-corrected chi connectivity index (χ4v) is 3.60. The molecule has 1 N–H and O–H groups in total. The highest BCUT2D eigenvalue weighted by molar-refractivity contribution is 6.34. The van der Waals surface area contributed by atoms with Crippen LogP contribution in [0.1, 0.15) is 50.9 Å². The van der Waals surface area contributed by atoms with Crippen molar-refractivity contribution in [3.05, 3.63) is 51.8 Å². The summed E-state index contributed by atoms with van der Waals surface area (Å²) in [6.45, 7) is 1.86. The van der Waals surface area contributed by atoms with E-state index in [2.05, 4.69) is 10.4 Å². The van der Waals surface area contributed by atoms with Crippen LogP contribution >= 0.6 is 11.6 Å². The Bertz CT molecular complexity index is 1150. The van der Waals surface area contributed by atoms with Crippen LogP contribution in [0.2, 0.25) is 5.02 Å². The highest BCUT2D eigenvalue weighted by Crippen LogP contribution is 2.40. The Balaban J connectivity index is 1.75. The topological polar surface area (TPSA) is 80.1 Å². The van der Waals surface area contributed by atoms with E-state index in [1.807, 2.05) is 20.0 Å². The van der Waals surface area contributed by atoms with E-state index in [9.17, 15) is 9.59 Å². The zero-order valence-electron chi connectivity index (χ0n) is 16.8. The van der Waals surface area contributed by atoms with Crippen LogP contribution in [-0.2, 0) is 7.05 Å². The van der Waals surface area contributed by atoms with E-state index < -0.39 is 0 Å². The number of rotatable bonds is 4. The largest absolute Gasteiger partial charge is 0.345 e. The maximum atomic E-state index is 13.2. The number of pyridine rings is 1. The predicted octanol–water partition coefficient (Wildman–Crippen LogP) is 3.76. The Morgan fingerprint density at radius 3 is 2.62 bits per heavy atom. The highest BCUT2D eigenvalue weighted by atomic mass is 35.5. The van der Waals surface area contributed by atoms with Crippen LogP contribution in [0.5, 0.6) is 0 Å². The van der Waals surface area contributed by atoms with Crippen LogP contribution in [0, 0.1) is 6.92 Å². The molecule has 4 rings (SSSR count). The first-order valence-corrected chi connectivity index (χ1v) is 9.81. The predicted molar refractivity (Wildman–Crippen MR) is 113 cm³/mol. The van der Waals surface area contributed by atoms with E-state index in [1.54, 1.807) is 37.0 Å². The first kappa shape index (κ1) is 19.4. The summed E-state index contributed by atoms with van der Waals surface area (Å²) < 4.78 is 1.71. The molecule has 7 nitrogen and oxygen atoms in total. The minimum Gasteiger partial charge on any atom is -0.345 e. The van der Waals surface area contributed by atoms with Gasteiger partial charge in [-0.3, -0.25) is 14.3 Å². The number of aromatic nitrogens is 3. The SMILES string of the molecule is Cc1nn(C)c2nc(C3CC3)cc(C(=O)Nc3cc(C(=O)N(C)C)ccc3Cl)c12. The van der Waals surface area contributed by atoms with E-state index in [4.69, 9.17) is 16.6 Å². The lowest BCUT2D eigenvalue weighted by Gasteiger charge is -2.13. The van der Waals surface area contributed by atoms with Gasteiger partial charge in [-0.1, -0.05) is 11.6 Å². The summed E-state index contributed by atoms with van der Waals surface area (Å²) in [7, 11) is 5.18. The molecule has 29 heavy (non-hydrogen) atoms. The van der Waals surface area contributed by atoms with Crippen LogP contribution in [0.3, 0.4) is 0 Å². The Morgan fingerprint density at radius 1 is 1.24 bits per heavy atom. The van der Waals surface area contributed by atoms with Crippen molar-refractivity contribution in [2.45, 2.75) is 25.7 Å². The summed E-state index contributed by atoms with van der Waals surface area (Å²) in [6.07, 6.45) is 2.16. The maximum Gasteiger partial charge on any atom is 0.256 e. The number of anilines is 1. The van der Waals surface area contributed by atoms with Crippen LogP contribution < -0.4 is 5.32 Å². The number of aryl methyl sites for hydroxylation is 2. The lowest BCUT2D eigenvalue weighted by atomic mass is 10.1. The van der Waals surface area contributed by atoms with Gasteiger partial charge in [0.2, 0.25) is 0 Å². The standard InChI is InChI=1S/C21H22ClN5O2/c1-11-18-14(10-16(12-5-6-12)23-19(18)27(4)25-11)20(28)24-17-9-13(7-8-15(17)22)21(29)26(2)3/h7-10,12H,5-6H2,1-4H3,(H,24,28). The van der Waals surface area contributed by atoms with Gasteiger partial charge in [0.25, 0.3) is 11.8 Å². The van der Waals surface area contributed by atoms with Gasteiger partial charge in [-0.2, -0.15) is 5.10 Å². The van der Waals surface area contributed by atoms with Crippen molar-refractivity contribution >= 4 is 40.1 Å². The smallest absolute Gasteiger partial charge is 0.256 e. The summed E-state index contributed by atoms with van der Waals surface area (Å²) in [4.78, 5) is 31.7. The minimum absolute atomic E-state index is 0.164. The molecule has 0 saturated heterocycles. The summed E-state index contributed by atoms with van der Waals surface area (Å²) in [5.41, 5.74) is 3.70. The Labute approximate surface area is 173 Å². The molecule has 1 saturated carbocycles. The molecule has 2 aromatic heterocycles. The number of amides is 2. The van der Waals surface area contributed by atoms with Gasteiger partial charge >= 0.3 is 0 Å². The van der Waals surface area contributed by atoms with Gasteiger partial charge in [-0.05, 0) is 44.0 Å². The van der Waals surface area contributed by atoms with Crippen LogP contribution in [0.25, 0.3) is 11.0 Å². The van der Waals surface area contributed by atoms with Crippen LogP contribution in [0.15, 0.2) is 24.3 Å². The van der Waals surface area contributed by atoms with E-state index >= 15 is 0 Å². The third-order valence-corrected chi connectivity index (χ3v) is 5.43. The molecule has 150 valence electrons. The number of nitrogens with one attached hydrogen (secondary N) is 1. The maximum absolute atomic E-state index is 13.2. The second-order valence-electron chi connectivity index (χ2n) is 7.62. The fourth-order valence-electron chi connectivity index (χ4n) is 3.43. The summed E-state index contributed by atoms with van der Waals surface area (Å²) >= 11 is 6.29. The summed E-state index contributed by atoms with van der Waals surface area (Å²) in [5.74, 6) is -0.0693. The zero-order valence-corrected chi connectivity index (χ0v) is 17.5. The van der Waals surface area contributed by atoms with Crippen LogP contribution in [-0.4, -0.2) is 45.6 Å². The number of hydrogen-bond donors (Lipinski definition) is 1. The molecule has 1 aromatic carbocycles. The van der Waals surface area contributed by atoms with Gasteiger partial charge in [0.1, 0.15) is 0 Å². The molecule has 0 aliphatic heterocycles. The number of nitrogens with zero attached hydrogens (tertiary/aromatic N) is 4. The molecule has 0 radical (unpaired) electrons. The number of carbonyl (C=O) groups is 2. The first-order chi connectivity index (χ1) is 13.8. The number of halogens is 1. The van der Waals surface area contributed by atoms with Crippen molar-refractivity contribution in [1.82, 2.24) is 19.7 Å². The molecule has 0 atom stereocenters. The van der Waals surface area contributed by atoms with Gasteiger partial charge < -0.3 is 10.2 Å². The second-order valence-corrected chi connectivity index (χ2v) is 8.03.